The fourth-order valence-electron chi connectivity index (χ4n) is 2.87. The maximum atomic E-state index is 9.62. The first-order valence-corrected chi connectivity index (χ1v) is 8.64. The van der Waals surface area contributed by atoms with Gasteiger partial charge in [-0.3, -0.25) is 0 Å². The molecule has 0 spiro atoms. The van der Waals surface area contributed by atoms with Crippen molar-refractivity contribution < 1.29 is 5.11 Å². The summed E-state index contributed by atoms with van der Waals surface area (Å²) < 4.78 is 0. The number of rotatable bonds is 12. The molecule has 0 aromatic rings. The van der Waals surface area contributed by atoms with E-state index in [1.165, 1.54) is 64.2 Å². The Balaban J connectivity index is 1.87. The molecule has 1 heterocycles. The Labute approximate surface area is 125 Å². The highest BCUT2D eigenvalue weighted by molar-refractivity contribution is 4.94. The van der Waals surface area contributed by atoms with Gasteiger partial charge in [-0.2, -0.15) is 0 Å². The van der Waals surface area contributed by atoms with E-state index < -0.39 is 6.23 Å². The molecule has 118 valence electrons. The lowest BCUT2D eigenvalue weighted by molar-refractivity contribution is 0.0254. The summed E-state index contributed by atoms with van der Waals surface area (Å²) in [6.45, 7) is 4.09. The Morgan fingerprint density at radius 3 is 2.10 bits per heavy atom. The van der Waals surface area contributed by atoms with Crippen LogP contribution in [0.15, 0.2) is 12.4 Å². The predicted octanol–water partition coefficient (Wildman–Crippen LogP) is 4.34. The summed E-state index contributed by atoms with van der Waals surface area (Å²) in [5, 5.41) is 12.9. The lowest BCUT2D eigenvalue weighted by Crippen LogP contribution is -2.40. The van der Waals surface area contributed by atoms with Crippen molar-refractivity contribution in [2.24, 2.45) is 0 Å². The highest BCUT2D eigenvalue weighted by atomic mass is 16.3. The van der Waals surface area contributed by atoms with Gasteiger partial charge in [-0.05, 0) is 19.8 Å². The molecule has 3 heteroatoms. The van der Waals surface area contributed by atoms with Crippen LogP contribution in [-0.2, 0) is 0 Å². The van der Waals surface area contributed by atoms with Crippen LogP contribution in [0.5, 0.6) is 0 Å². The van der Waals surface area contributed by atoms with Gasteiger partial charge < -0.3 is 15.3 Å². The third kappa shape index (κ3) is 7.18. The normalized spacial score (nSPS) is 19.4. The molecule has 0 bridgehead atoms. The van der Waals surface area contributed by atoms with Crippen molar-refractivity contribution in [2.75, 3.05) is 0 Å². The van der Waals surface area contributed by atoms with Gasteiger partial charge in [-0.15, -0.1) is 0 Å². The van der Waals surface area contributed by atoms with E-state index in [1.54, 1.807) is 0 Å². The molecule has 0 fully saturated rings. The van der Waals surface area contributed by atoms with Crippen molar-refractivity contribution in [3.05, 3.63) is 12.4 Å². The Hall–Kier alpha value is -0.700. The number of hydrogen-bond acceptors (Lipinski definition) is 3. The van der Waals surface area contributed by atoms with Gasteiger partial charge in [0.05, 0.1) is 0 Å². The first-order valence-electron chi connectivity index (χ1n) is 8.64. The molecular formula is C17H34N2O. The van der Waals surface area contributed by atoms with Crippen molar-refractivity contribution in [3.8, 4) is 0 Å². The first-order chi connectivity index (χ1) is 9.75. The van der Waals surface area contributed by atoms with Gasteiger partial charge >= 0.3 is 0 Å². The van der Waals surface area contributed by atoms with E-state index in [1.807, 2.05) is 24.2 Å². The molecule has 1 aliphatic rings. The molecule has 2 unspecified atom stereocenters. The number of aliphatic hydroxyl groups is 1. The molecular weight excluding hydrogens is 248 g/mol. The summed E-state index contributed by atoms with van der Waals surface area (Å²) in [7, 11) is 0. The molecule has 20 heavy (non-hydrogen) atoms. The second-order valence-electron chi connectivity index (χ2n) is 6.05. The first kappa shape index (κ1) is 17.4. The van der Waals surface area contributed by atoms with Crippen molar-refractivity contribution in [3.63, 3.8) is 0 Å². The van der Waals surface area contributed by atoms with Gasteiger partial charge in [-0.1, -0.05) is 64.7 Å². The van der Waals surface area contributed by atoms with E-state index in [2.05, 4.69) is 12.2 Å². The van der Waals surface area contributed by atoms with E-state index in [0.717, 1.165) is 6.42 Å². The zero-order valence-corrected chi connectivity index (χ0v) is 13.5. The summed E-state index contributed by atoms with van der Waals surface area (Å²) >= 11 is 0. The number of hydrogen-bond donors (Lipinski definition) is 2. The van der Waals surface area contributed by atoms with Crippen LogP contribution in [0, 0.1) is 0 Å². The Kier molecular flexibility index (Phi) is 9.56. The minimum atomic E-state index is -0.394. The van der Waals surface area contributed by atoms with Crippen molar-refractivity contribution >= 4 is 0 Å². The maximum absolute atomic E-state index is 9.62. The Morgan fingerprint density at radius 1 is 1.00 bits per heavy atom. The van der Waals surface area contributed by atoms with Gasteiger partial charge in [0, 0.05) is 12.4 Å². The molecule has 0 saturated carbocycles. The minimum absolute atomic E-state index is 0.295. The van der Waals surface area contributed by atoms with Crippen molar-refractivity contribution in [1.29, 1.82) is 0 Å². The van der Waals surface area contributed by atoms with Gasteiger partial charge in [0.2, 0.25) is 0 Å². The molecule has 0 aromatic carbocycles. The van der Waals surface area contributed by atoms with Crippen molar-refractivity contribution in [1.82, 2.24) is 10.2 Å². The second kappa shape index (κ2) is 11.0. The molecule has 2 N–H and O–H groups in total. The molecule has 0 amide bonds. The Bertz CT molecular complexity index is 253. The molecule has 3 nitrogen and oxygen atoms in total. The second-order valence-corrected chi connectivity index (χ2v) is 6.05. The maximum Gasteiger partial charge on any atom is 0.125 e. The SMILES string of the molecule is CCCCCCCCCCCCC1NC=CN1C(C)O. The zero-order chi connectivity index (χ0) is 14.6. The summed E-state index contributed by atoms with van der Waals surface area (Å²) in [6.07, 6.45) is 18.7. The monoisotopic (exact) mass is 282 g/mol. The van der Waals surface area contributed by atoms with E-state index in [-0.39, 0.29) is 0 Å². The van der Waals surface area contributed by atoms with Crippen LogP contribution in [0.1, 0.15) is 84.5 Å². The van der Waals surface area contributed by atoms with E-state index >= 15 is 0 Å². The Morgan fingerprint density at radius 2 is 1.55 bits per heavy atom. The van der Waals surface area contributed by atoms with Crippen LogP contribution >= 0.6 is 0 Å². The lowest BCUT2D eigenvalue weighted by Gasteiger charge is -2.28. The lowest BCUT2D eigenvalue weighted by atomic mass is 10.1. The molecule has 0 saturated heterocycles. The van der Waals surface area contributed by atoms with Crippen LogP contribution < -0.4 is 5.32 Å². The largest absolute Gasteiger partial charge is 0.374 e. The fourth-order valence-corrected chi connectivity index (χ4v) is 2.87. The average Bonchev–Trinajstić information content (AvgIpc) is 2.89. The standard InChI is InChI=1S/C17H34N2O/c1-3-4-5-6-7-8-9-10-11-12-13-17-18-14-15-19(17)16(2)20/h14-18,20H,3-13H2,1-2H3. The summed E-state index contributed by atoms with van der Waals surface area (Å²) in [4.78, 5) is 1.99. The molecule has 2 atom stereocenters. The van der Waals surface area contributed by atoms with E-state index in [4.69, 9.17) is 0 Å². The van der Waals surface area contributed by atoms with Gasteiger partial charge in [0.15, 0.2) is 0 Å². The topological polar surface area (TPSA) is 35.5 Å². The number of nitrogens with one attached hydrogen (secondary N) is 1. The van der Waals surface area contributed by atoms with Crippen LogP contribution in [0.25, 0.3) is 0 Å². The number of aliphatic hydroxyl groups excluding tert-OH is 1. The van der Waals surface area contributed by atoms with Gasteiger partial charge in [0.25, 0.3) is 0 Å². The van der Waals surface area contributed by atoms with Crippen LogP contribution in [-0.4, -0.2) is 22.4 Å². The highest BCUT2D eigenvalue weighted by Crippen LogP contribution is 2.16. The average molecular weight is 282 g/mol. The number of unbranched alkanes of at least 4 members (excludes halogenated alkanes) is 9. The van der Waals surface area contributed by atoms with E-state index in [0.29, 0.717) is 6.17 Å². The molecule has 0 aromatic heterocycles. The van der Waals surface area contributed by atoms with Crippen molar-refractivity contribution in [2.45, 2.75) is 96.9 Å². The minimum Gasteiger partial charge on any atom is -0.374 e. The van der Waals surface area contributed by atoms with Crippen LogP contribution in [0.4, 0.5) is 0 Å². The van der Waals surface area contributed by atoms with Crippen LogP contribution in [0.3, 0.4) is 0 Å². The fraction of sp³-hybridized carbons (Fsp3) is 0.882. The third-order valence-corrected chi connectivity index (χ3v) is 4.16. The smallest absolute Gasteiger partial charge is 0.125 e. The number of nitrogens with zero attached hydrogens (tertiary/aromatic N) is 1. The predicted molar refractivity (Wildman–Crippen MR) is 86.0 cm³/mol. The summed E-state index contributed by atoms with van der Waals surface area (Å²) in [5.41, 5.74) is 0. The van der Waals surface area contributed by atoms with Crippen LogP contribution in [0.2, 0.25) is 0 Å². The zero-order valence-electron chi connectivity index (χ0n) is 13.5. The highest BCUT2D eigenvalue weighted by Gasteiger charge is 2.20. The summed E-state index contributed by atoms with van der Waals surface area (Å²) in [5.74, 6) is 0. The molecule has 1 rings (SSSR count). The molecule has 0 aliphatic carbocycles. The molecule has 1 aliphatic heterocycles. The third-order valence-electron chi connectivity index (χ3n) is 4.16. The quantitative estimate of drug-likeness (QED) is 0.523. The van der Waals surface area contributed by atoms with Gasteiger partial charge in [0.1, 0.15) is 12.4 Å². The van der Waals surface area contributed by atoms with E-state index in [9.17, 15) is 5.11 Å². The summed E-state index contributed by atoms with van der Waals surface area (Å²) in [6, 6.07) is 0. The van der Waals surface area contributed by atoms with Gasteiger partial charge in [-0.25, -0.2) is 0 Å². The molecule has 0 radical (unpaired) electrons.